The van der Waals surface area contributed by atoms with Crippen molar-refractivity contribution in [2.24, 2.45) is 0 Å². The smallest absolute Gasteiger partial charge is 0.138 e. The van der Waals surface area contributed by atoms with Crippen molar-refractivity contribution in [2.45, 2.75) is 20.4 Å². The van der Waals surface area contributed by atoms with Crippen molar-refractivity contribution in [3.8, 4) is 0 Å². The highest BCUT2D eigenvalue weighted by molar-refractivity contribution is 6.33. The number of hydrogen-bond donors (Lipinski definition) is 2. The van der Waals surface area contributed by atoms with Gasteiger partial charge in [0.05, 0.1) is 16.4 Å². The highest BCUT2D eigenvalue weighted by atomic mass is 35.5. The van der Waals surface area contributed by atoms with Gasteiger partial charge in [0.2, 0.25) is 0 Å². The van der Waals surface area contributed by atoms with Crippen LogP contribution < -0.4 is 11.1 Å². The molecule has 2 aromatic rings. The summed E-state index contributed by atoms with van der Waals surface area (Å²) < 4.78 is 5.09. The molecule has 0 aliphatic carbocycles. The molecule has 0 atom stereocenters. The largest absolute Gasteiger partial charge is 0.399 e. The molecule has 5 heteroatoms. The Hall–Kier alpha value is -1.68. The molecule has 0 radical (unpaired) electrons. The van der Waals surface area contributed by atoms with E-state index >= 15 is 0 Å². The lowest BCUT2D eigenvalue weighted by Gasteiger charge is -2.08. The summed E-state index contributed by atoms with van der Waals surface area (Å²) in [5.74, 6) is 0.821. The van der Waals surface area contributed by atoms with Crippen LogP contribution in [0.3, 0.4) is 0 Å². The first-order chi connectivity index (χ1) is 8.08. The average Bonchev–Trinajstić information content (AvgIpc) is 2.58. The zero-order valence-corrected chi connectivity index (χ0v) is 10.5. The molecule has 2 rings (SSSR count). The Bertz CT molecular complexity index is 517. The van der Waals surface area contributed by atoms with Gasteiger partial charge in [-0.2, -0.15) is 0 Å². The molecule has 1 aromatic carbocycles. The first kappa shape index (κ1) is 11.8. The Labute approximate surface area is 105 Å². The molecule has 0 saturated carbocycles. The molecular weight excluding hydrogens is 238 g/mol. The van der Waals surface area contributed by atoms with E-state index in [0.29, 0.717) is 17.3 Å². The van der Waals surface area contributed by atoms with Crippen LogP contribution in [-0.2, 0) is 6.54 Å². The van der Waals surface area contributed by atoms with Gasteiger partial charge in [-0.1, -0.05) is 16.8 Å². The highest BCUT2D eigenvalue weighted by Crippen LogP contribution is 2.25. The van der Waals surface area contributed by atoms with Gasteiger partial charge in [0.25, 0.3) is 0 Å². The van der Waals surface area contributed by atoms with Gasteiger partial charge in [0, 0.05) is 17.8 Å². The molecule has 3 N–H and O–H groups in total. The van der Waals surface area contributed by atoms with E-state index in [2.05, 4.69) is 10.5 Å². The van der Waals surface area contributed by atoms with Crippen LogP contribution in [0, 0.1) is 13.8 Å². The summed E-state index contributed by atoms with van der Waals surface area (Å²) in [4.78, 5) is 0. The monoisotopic (exact) mass is 251 g/mol. The lowest BCUT2D eigenvalue weighted by Crippen LogP contribution is -2.02. The number of halogens is 1. The number of nitrogens with one attached hydrogen (secondary N) is 1. The lowest BCUT2D eigenvalue weighted by molar-refractivity contribution is 0.392. The molecule has 0 aliphatic rings. The number of rotatable bonds is 3. The van der Waals surface area contributed by atoms with E-state index < -0.39 is 0 Å². The molecule has 0 aliphatic heterocycles. The fourth-order valence-corrected chi connectivity index (χ4v) is 1.87. The zero-order chi connectivity index (χ0) is 12.4. The number of nitrogens with zero attached hydrogens (tertiary/aromatic N) is 1. The van der Waals surface area contributed by atoms with Crippen molar-refractivity contribution < 1.29 is 4.52 Å². The third kappa shape index (κ3) is 2.53. The maximum absolute atomic E-state index is 6.07. The molecule has 0 amide bonds. The fourth-order valence-electron chi connectivity index (χ4n) is 1.61. The molecule has 0 unspecified atom stereocenters. The normalized spacial score (nSPS) is 10.5. The molecule has 0 spiro atoms. The van der Waals surface area contributed by atoms with Gasteiger partial charge in [-0.3, -0.25) is 0 Å². The summed E-state index contributed by atoms with van der Waals surface area (Å²) in [6.45, 7) is 4.44. The van der Waals surface area contributed by atoms with Crippen LogP contribution in [-0.4, -0.2) is 5.16 Å². The maximum atomic E-state index is 6.07. The van der Waals surface area contributed by atoms with Crippen molar-refractivity contribution in [3.63, 3.8) is 0 Å². The van der Waals surface area contributed by atoms with Gasteiger partial charge in [-0.15, -0.1) is 0 Å². The van der Waals surface area contributed by atoms with Gasteiger partial charge in [0.1, 0.15) is 5.76 Å². The quantitative estimate of drug-likeness (QED) is 0.823. The van der Waals surface area contributed by atoms with E-state index in [1.54, 1.807) is 6.07 Å². The summed E-state index contributed by atoms with van der Waals surface area (Å²) in [7, 11) is 0. The third-order valence-corrected chi connectivity index (χ3v) is 2.94. The van der Waals surface area contributed by atoms with E-state index in [1.165, 1.54) is 0 Å². The summed E-state index contributed by atoms with van der Waals surface area (Å²) in [5, 5.41) is 7.74. The van der Waals surface area contributed by atoms with Crippen LogP contribution in [0.15, 0.2) is 22.7 Å². The standard InChI is InChI=1S/C12H14ClN3O/c1-7-10(8(2)17-16-7)6-15-12-4-3-9(14)5-11(12)13/h3-5,15H,6,14H2,1-2H3. The summed E-state index contributed by atoms with van der Waals surface area (Å²) in [5.41, 5.74) is 9.07. The average molecular weight is 252 g/mol. The van der Waals surface area contributed by atoms with E-state index in [-0.39, 0.29) is 0 Å². The molecule has 17 heavy (non-hydrogen) atoms. The van der Waals surface area contributed by atoms with Crippen LogP contribution in [0.1, 0.15) is 17.0 Å². The minimum atomic E-state index is 0.608. The minimum Gasteiger partial charge on any atom is -0.399 e. The van der Waals surface area contributed by atoms with Crippen molar-refractivity contribution in [2.75, 3.05) is 11.1 Å². The van der Waals surface area contributed by atoms with E-state index in [1.807, 2.05) is 26.0 Å². The van der Waals surface area contributed by atoms with Gasteiger partial charge < -0.3 is 15.6 Å². The van der Waals surface area contributed by atoms with Crippen molar-refractivity contribution in [1.29, 1.82) is 0 Å². The van der Waals surface area contributed by atoms with Gasteiger partial charge in [-0.25, -0.2) is 0 Å². The SMILES string of the molecule is Cc1noc(C)c1CNc1ccc(N)cc1Cl. The maximum Gasteiger partial charge on any atom is 0.138 e. The van der Waals surface area contributed by atoms with Gasteiger partial charge in [-0.05, 0) is 32.0 Å². The molecule has 0 saturated heterocycles. The number of aryl methyl sites for hydroxylation is 2. The Morgan fingerprint density at radius 2 is 2.18 bits per heavy atom. The van der Waals surface area contributed by atoms with Gasteiger partial charge in [0.15, 0.2) is 0 Å². The molecule has 0 bridgehead atoms. The second kappa shape index (κ2) is 4.67. The predicted octanol–water partition coefficient (Wildman–Crippen LogP) is 3.14. The molecule has 90 valence electrons. The first-order valence-corrected chi connectivity index (χ1v) is 5.66. The number of nitrogens with two attached hydrogens (primary N) is 1. The van der Waals surface area contributed by atoms with E-state index in [9.17, 15) is 0 Å². The molecule has 1 heterocycles. The number of anilines is 2. The number of benzene rings is 1. The number of hydrogen-bond acceptors (Lipinski definition) is 4. The first-order valence-electron chi connectivity index (χ1n) is 5.28. The lowest BCUT2D eigenvalue weighted by atomic mass is 10.2. The minimum absolute atomic E-state index is 0.608. The summed E-state index contributed by atoms with van der Waals surface area (Å²) in [6, 6.07) is 5.38. The molecular formula is C12H14ClN3O. The van der Waals surface area contributed by atoms with Crippen LogP contribution in [0.5, 0.6) is 0 Å². The van der Waals surface area contributed by atoms with Crippen LogP contribution in [0.4, 0.5) is 11.4 Å². The van der Waals surface area contributed by atoms with Crippen molar-refractivity contribution in [3.05, 3.63) is 40.2 Å². The van der Waals surface area contributed by atoms with Crippen LogP contribution in [0.25, 0.3) is 0 Å². The summed E-state index contributed by atoms with van der Waals surface area (Å²) >= 11 is 6.07. The van der Waals surface area contributed by atoms with Gasteiger partial charge >= 0.3 is 0 Å². The number of aromatic nitrogens is 1. The Kier molecular flexibility index (Phi) is 3.24. The topological polar surface area (TPSA) is 64.1 Å². The van der Waals surface area contributed by atoms with E-state index in [4.69, 9.17) is 21.9 Å². The molecule has 4 nitrogen and oxygen atoms in total. The second-order valence-corrected chi connectivity index (χ2v) is 4.30. The van der Waals surface area contributed by atoms with Crippen molar-refractivity contribution >= 4 is 23.0 Å². The highest BCUT2D eigenvalue weighted by Gasteiger charge is 2.09. The van der Waals surface area contributed by atoms with Crippen molar-refractivity contribution in [1.82, 2.24) is 5.16 Å². The number of nitrogen functional groups attached to an aromatic ring is 1. The second-order valence-electron chi connectivity index (χ2n) is 3.90. The predicted molar refractivity (Wildman–Crippen MR) is 69.2 cm³/mol. The Morgan fingerprint density at radius 3 is 2.76 bits per heavy atom. The Balaban J connectivity index is 2.13. The molecule has 0 fully saturated rings. The van der Waals surface area contributed by atoms with Crippen LogP contribution in [0.2, 0.25) is 5.02 Å². The van der Waals surface area contributed by atoms with Crippen LogP contribution >= 0.6 is 11.6 Å². The third-order valence-electron chi connectivity index (χ3n) is 2.63. The fraction of sp³-hybridized carbons (Fsp3) is 0.250. The zero-order valence-electron chi connectivity index (χ0n) is 9.75. The summed E-state index contributed by atoms with van der Waals surface area (Å²) in [6.07, 6.45) is 0. The Morgan fingerprint density at radius 1 is 1.41 bits per heavy atom. The van der Waals surface area contributed by atoms with E-state index in [0.717, 1.165) is 22.7 Å². The molecule has 1 aromatic heterocycles.